The molecule has 0 spiro atoms. The fraction of sp³-hybridized carbons (Fsp3) is 0.200. The summed E-state index contributed by atoms with van der Waals surface area (Å²) in [6.45, 7) is 0.104. The molecule has 0 saturated carbocycles. The maximum atomic E-state index is 13.3. The molecule has 16 heavy (non-hydrogen) atoms. The van der Waals surface area contributed by atoms with E-state index in [9.17, 15) is 8.78 Å². The Bertz CT molecular complexity index is 478. The minimum absolute atomic E-state index is 0.0779. The second-order valence-corrected chi connectivity index (χ2v) is 3.17. The topological polar surface area (TPSA) is 64.9 Å². The van der Waals surface area contributed by atoms with Crippen LogP contribution in [0.5, 0.6) is 0 Å². The maximum Gasteiger partial charge on any atom is 0.230 e. The minimum atomic E-state index is -0.632. The molecule has 1 aromatic heterocycles. The molecule has 2 rings (SSSR count). The number of rotatable bonds is 3. The molecular weight excluding hydrogens is 216 g/mol. The number of halogens is 2. The Hall–Kier alpha value is -1.82. The van der Waals surface area contributed by atoms with E-state index in [0.29, 0.717) is 0 Å². The molecule has 1 aromatic carbocycles. The first-order valence-corrected chi connectivity index (χ1v) is 4.65. The van der Waals surface area contributed by atoms with Crippen LogP contribution < -0.4 is 5.73 Å². The van der Waals surface area contributed by atoms with Crippen molar-refractivity contribution in [1.29, 1.82) is 0 Å². The van der Waals surface area contributed by atoms with Gasteiger partial charge in [0.05, 0.1) is 13.0 Å². The molecule has 0 aliphatic rings. The van der Waals surface area contributed by atoms with Crippen LogP contribution in [0, 0.1) is 11.6 Å². The van der Waals surface area contributed by atoms with Crippen molar-refractivity contribution in [3.05, 3.63) is 47.2 Å². The Morgan fingerprint density at radius 3 is 2.31 bits per heavy atom. The molecule has 4 nitrogen and oxygen atoms in total. The van der Waals surface area contributed by atoms with Crippen molar-refractivity contribution in [2.24, 2.45) is 5.73 Å². The number of nitrogens with two attached hydrogens (primary N) is 1. The zero-order valence-corrected chi connectivity index (χ0v) is 8.28. The van der Waals surface area contributed by atoms with Crippen LogP contribution in [0.3, 0.4) is 0 Å². The van der Waals surface area contributed by atoms with Gasteiger partial charge in [-0.2, -0.15) is 0 Å². The summed E-state index contributed by atoms with van der Waals surface area (Å²) in [7, 11) is 0. The van der Waals surface area contributed by atoms with Crippen molar-refractivity contribution in [1.82, 2.24) is 10.2 Å². The predicted molar refractivity (Wildman–Crippen MR) is 51.4 cm³/mol. The number of hydrogen-bond donors (Lipinski definition) is 1. The Kier molecular flexibility index (Phi) is 2.91. The van der Waals surface area contributed by atoms with Gasteiger partial charge in [-0.3, -0.25) is 0 Å². The molecule has 0 amide bonds. The predicted octanol–water partition coefficient (Wildman–Crippen LogP) is 1.40. The monoisotopic (exact) mass is 225 g/mol. The van der Waals surface area contributed by atoms with Gasteiger partial charge in [-0.15, -0.1) is 10.2 Å². The van der Waals surface area contributed by atoms with E-state index in [1.54, 1.807) is 0 Å². The molecule has 0 fully saturated rings. The summed E-state index contributed by atoms with van der Waals surface area (Å²) in [6, 6.07) is 3.66. The zero-order valence-electron chi connectivity index (χ0n) is 8.28. The van der Waals surface area contributed by atoms with Crippen LogP contribution in [0.2, 0.25) is 0 Å². The highest BCUT2D eigenvalue weighted by Gasteiger charge is 2.13. The van der Waals surface area contributed by atoms with Crippen LogP contribution in [0.25, 0.3) is 0 Å². The molecule has 0 unspecified atom stereocenters. The highest BCUT2D eigenvalue weighted by Crippen LogP contribution is 2.16. The van der Waals surface area contributed by atoms with E-state index in [4.69, 9.17) is 10.2 Å². The standard InChI is InChI=1S/C10H9F2N3O/c11-7-2-1-3-8(12)6(7)4-9-14-15-10(5-13)16-9/h1-3H,4-5,13H2. The number of aromatic nitrogens is 2. The van der Waals surface area contributed by atoms with Gasteiger partial charge >= 0.3 is 0 Å². The van der Waals surface area contributed by atoms with Crippen molar-refractivity contribution in [3.63, 3.8) is 0 Å². The number of hydrogen-bond acceptors (Lipinski definition) is 4. The van der Waals surface area contributed by atoms with Crippen molar-refractivity contribution < 1.29 is 13.2 Å². The van der Waals surface area contributed by atoms with Gasteiger partial charge in [-0.05, 0) is 12.1 Å². The van der Waals surface area contributed by atoms with Crippen molar-refractivity contribution >= 4 is 0 Å². The van der Waals surface area contributed by atoms with Crippen molar-refractivity contribution in [2.45, 2.75) is 13.0 Å². The third-order valence-electron chi connectivity index (χ3n) is 2.07. The van der Waals surface area contributed by atoms with E-state index >= 15 is 0 Å². The fourth-order valence-electron chi connectivity index (χ4n) is 1.29. The lowest BCUT2D eigenvalue weighted by Gasteiger charge is -2.00. The van der Waals surface area contributed by atoms with Gasteiger partial charge in [-0.25, -0.2) is 8.78 Å². The molecule has 6 heteroatoms. The van der Waals surface area contributed by atoms with Crippen LogP contribution in [0.15, 0.2) is 22.6 Å². The Morgan fingerprint density at radius 1 is 1.12 bits per heavy atom. The van der Waals surface area contributed by atoms with E-state index < -0.39 is 11.6 Å². The lowest BCUT2D eigenvalue weighted by Crippen LogP contribution is -1.97. The van der Waals surface area contributed by atoms with Crippen molar-refractivity contribution in [3.8, 4) is 0 Å². The van der Waals surface area contributed by atoms with Gasteiger partial charge in [0.15, 0.2) is 0 Å². The second-order valence-electron chi connectivity index (χ2n) is 3.17. The quantitative estimate of drug-likeness (QED) is 0.857. The van der Waals surface area contributed by atoms with Crippen LogP contribution >= 0.6 is 0 Å². The summed E-state index contributed by atoms with van der Waals surface area (Å²) in [5.41, 5.74) is 5.18. The maximum absolute atomic E-state index is 13.3. The highest BCUT2D eigenvalue weighted by molar-refractivity contribution is 5.22. The highest BCUT2D eigenvalue weighted by atomic mass is 19.1. The Balaban J connectivity index is 2.26. The van der Waals surface area contributed by atoms with E-state index in [-0.39, 0.29) is 30.3 Å². The molecule has 0 bridgehead atoms. The molecular formula is C10H9F2N3O. The smallest absolute Gasteiger partial charge is 0.230 e. The second kappa shape index (κ2) is 4.36. The van der Waals surface area contributed by atoms with Gasteiger partial charge in [0.2, 0.25) is 11.8 Å². The molecule has 0 saturated heterocycles. The van der Waals surface area contributed by atoms with Gasteiger partial charge in [0.25, 0.3) is 0 Å². The molecule has 2 N–H and O–H groups in total. The number of nitrogens with zero attached hydrogens (tertiary/aromatic N) is 2. The normalized spacial score (nSPS) is 10.7. The van der Waals surface area contributed by atoms with E-state index in [1.165, 1.54) is 18.2 Å². The zero-order chi connectivity index (χ0) is 11.5. The summed E-state index contributed by atoms with van der Waals surface area (Å²) in [5, 5.41) is 7.24. The molecule has 0 aliphatic heterocycles. The first-order valence-electron chi connectivity index (χ1n) is 4.65. The van der Waals surface area contributed by atoms with E-state index in [0.717, 1.165) is 0 Å². The molecule has 0 atom stereocenters. The van der Waals surface area contributed by atoms with Gasteiger partial charge < -0.3 is 10.2 Å². The van der Waals surface area contributed by atoms with Gasteiger partial charge in [0, 0.05) is 5.56 Å². The Morgan fingerprint density at radius 2 is 1.75 bits per heavy atom. The average molecular weight is 225 g/mol. The first kappa shape index (κ1) is 10.7. The van der Waals surface area contributed by atoms with Gasteiger partial charge in [-0.1, -0.05) is 6.07 Å². The molecule has 2 aromatic rings. The van der Waals surface area contributed by atoms with E-state index in [2.05, 4.69) is 10.2 Å². The number of benzene rings is 1. The summed E-state index contributed by atoms with van der Waals surface area (Å²) < 4.78 is 31.6. The molecule has 84 valence electrons. The summed E-state index contributed by atoms with van der Waals surface area (Å²) >= 11 is 0. The van der Waals surface area contributed by atoms with Crippen LogP contribution in [0.1, 0.15) is 17.3 Å². The Labute approximate surface area is 90.1 Å². The third-order valence-corrected chi connectivity index (χ3v) is 2.07. The SMILES string of the molecule is NCc1nnc(Cc2c(F)cccc2F)o1. The molecule has 0 radical (unpaired) electrons. The summed E-state index contributed by atoms with van der Waals surface area (Å²) in [4.78, 5) is 0. The lowest BCUT2D eigenvalue weighted by atomic mass is 10.1. The molecule has 1 heterocycles. The molecule has 0 aliphatic carbocycles. The fourth-order valence-corrected chi connectivity index (χ4v) is 1.29. The summed E-state index contributed by atoms with van der Waals surface area (Å²) in [6.07, 6.45) is -0.0779. The van der Waals surface area contributed by atoms with E-state index in [1.807, 2.05) is 0 Å². The largest absolute Gasteiger partial charge is 0.424 e. The van der Waals surface area contributed by atoms with Gasteiger partial charge in [0.1, 0.15) is 11.6 Å². The first-order chi connectivity index (χ1) is 7.70. The lowest BCUT2D eigenvalue weighted by molar-refractivity contribution is 0.452. The average Bonchev–Trinajstić information content (AvgIpc) is 2.71. The van der Waals surface area contributed by atoms with Crippen LogP contribution in [-0.2, 0) is 13.0 Å². The summed E-state index contributed by atoms with van der Waals surface area (Å²) in [5.74, 6) is -0.879. The van der Waals surface area contributed by atoms with Crippen molar-refractivity contribution in [2.75, 3.05) is 0 Å². The minimum Gasteiger partial charge on any atom is -0.424 e. The van der Waals surface area contributed by atoms with Crippen LogP contribution in [0.4, 0.5) is 8.78 Å². The third kappa shape index (κ3) is 2.06. The van der Waals surface area contributed by atoms with Crippen LogP contribution in [-0.4, -0.2) is 10.2 Å².